The lowest BCUT2D eigenvalue weighted by Gasteiger charge is -2.14. The Balaban J connectivity index is 1.69. The van der Waals surface area contributed by atoms with E-state index in [1.165, 1.54) is 16.7 Å². The van der Waals surface area contributed by atoms with Crippen LogP contribution in [-0.2, 0) is 26.1 Å². The van der Waals surface area contributed by atoms with Gasteiger partial charge >= 0.3 is 0 Å². The molecule has 1 aliphatic heterocycles. The molecule has 1 aliphatic rings. The van der Waals surface area contributed by atoms with Crippen molar-refractivity contribution in [2.75, 3.05) is 6.54 Å². The average Bonchev–Trinajstić information content (AvgIpc) is 2.93. The lowest BCUT2D eigenvalue weighted by molar-refractivity contribution is 0.259. The van der Waals surface area contributed by atoms with E-state index in [2.05, 4.69) is 35.2 Å². The molecular weight excluding hydrogens is 224 g/mol. The maximum absolute atomic E-state index is 5.63. The molecule has 0 fully saturated rings. The number of furan rings is 1. The third kappa shape index (κ3) is 2.19. The number of nitrogens with zero attached hydrogens (tertiary/aromatic N) is 1. The van der Waals surface area contributed by atoms with E-state index >= 15 is 0 Å². The lowest BCUT2D eigenvalue weighted by atomic mass is 10.1. The minimum Gasteiger partial charge on any atom is -0.467 e. The number of hydrogen-bond acceptors (Lipinski definition) is 3. The molecule has 3 rings (SSSR count). The first-order chi connectivity index (χ1) is 8.86. The predicted molar refractivity (Wildman–Crippen MR) is 70.9 cm³/mol. The second-order valence-corrected chi connectivity index (χ2v) is 4.83. The van der Waals surface area contributed by atoms with Gasteiger partial charge in [0.2, 0.25) is 0 Å². The van der Waals surface area contributed by atoms with Gasteiger partial charge in [-0.2, -0.15) is 0 Å². The Morgan fingerprint density at radius 2 is 2.00 bits per heavy atom. The van der Waals surface area contributed by atoms with Gasteiger partial charge in [0.25, 0.3) is 0 Å². The van der Waals surface area contributed by atoms with E-state index in [0.29, 0.717) is 6.54 Å². The van der Waals surface area contributed by atoms with Gasteiger partial charge < -0.3 is 10.2 Å². The van der Waals surface area contributed by atoms with Gasteiger partial charge in [-0.15, -0.1) is 0 Å². The summed E-state index contributed by atoms with van der Waals surface area (Å²) >= 11 is 0. The third-order valence-corrected chi connectivity index (χ3v) is 3.48. The second kappa shape index (κ2) is 4.96. The van der Waals surface area contributed by atoms with Crippen molar-refractivity contribution in [1.82, 2.24) is 4.90 Å². The minimum atomic E-state index is 0.685. The minimum absolute atomic E-state index is 0.685. The van der Waals surface area contributed by atoms with E-state index in [0.717, 1.165) is 31.8 Å². The Bertz CT molecular complexity index is 519. The first kappa shape index (κ1) is 11.5. The Morgan fingerprint density at radius 1 is 1.17 bits per heavy atom. The summed E-state index contributed by atoms with van der Waals surface area (Å²) in [5, 5.41) is 0. The zero-order chi connectivity index (χ0) is 12.4. The van der Waals surface area contributed by atoms with Crippen molar-refractivity contribution in [1.29, 1.82) is 0 Å². The first-order valence-corrected chi connectivity index (χ1v) is 6.41. The van der Waals surface area contributed by atoms with E-state index in [1.807, 2.05) is 6.26 Å². The molecule has 0 amide bonds. The maximum Gasteiger partial charge on any atom is 0.122 e. The monoisotopic (exact) mass is 242 g/mol. The summed E-state index contributed by atoms with van der Waals surface area (Å²) in [5.41, 5.74) is 9.61. The molecule has 0 bridgehead atoms. The molecule has 18 heavy (non-hydrogen) atoms. The largest absolute Gasteiger partial charge is 0.467 e. The molecular formula is C15H18N2O. The zero-order valence-corrected chi connectivity index (χ0v) is 10.4. The van der Waals surface area contributed by atoms with Crippen molar-refractivity contribution in [2.45, 2.75) is 26.1 Å². The van der Waals surface area contributed by atoms with Crippen molar-refractivity contribution in [3.8, 4) is 0 Å². The van der Waals surface area contributed by atoms with Crippen LogP contribution in [0.15, 0.2) is 41.0 Å². The normalized spacial score (nSPS) is 14.9. The van der Waals surface area contributed by atoms with E-state index < -0.39 is 0 Å². The molecule has 0 saturated carbocycles. The highest BCUT2D eigenvalue weighted by molar-refractivity contribution is 5.31. The number of fused-ring (bicyclic) bond motifs is 1. The smallest absolute Gasteiger partial charge is 0.122 e. The van der Waals surface area contributed by atoms with Crippen molar-refractivity contribution in [3.63, 3.8) is 0 Å². The topological polar surface area (TPSA) is 42.4 Å². The fourth-order valence-corrected chi connectivity index (χ4v) is 2.59. The summed E-state index contributed by atoms with van der Waals surface area (Å²) in [5.74, 6) is 1.12. The molecule has 0 atom stereocenters. The van der Waals surface area contributed by atoms with Crippen LogP contribution in [-0.4, -0.2) is 11.4 Å². The lowest BCUT2D eigenvalue weighted by Crippen LogP contribution is -2.16. The highest BCUT2D eigenvalue weighted by Gasteiger charge is 2.24. The molecule has 1 aromatic carbocycles. The average molecular weight is 242 g/mol. The summed E-state index contributed by atoms with van der Waals surface area (Å²) in [4.78, 5) is 2.41. The van der Waals surface area contributed by atoms with Gasteiger partial charge in [-0.3, -0.25) is 4.90 Å². The molecule has 94 valence electrons. The quantitative estimate of drug-likeness (QED) is 0.894. The molecule has 2 heterocycles. The van der Waals surface area contributed by atoms with E-state index in [4.69, 9.17) is 10.2 Å². The van der Waals surface area contributed by atoms with Crippen molar-refractivity contribution in [2.24, 2.45) is 5.73 Å². The fraction of sp³-hybridized carbons (Fsp3) is 0.333. The van der Waals surface area contributed by atoms with Gasteiger partial charge in [-0.1, -0.05) is 30.3 Å². The molecule has 3 nitrogen and oxygen atoms in total. The van der Waals surface area contributed by atoms with Gasteiger partial charge in [0.05, 0.1) is 12.8 Å². The molecule has 0 spiro atoms. The molecule has 0 saturated heterocycles. The van der Waals surface area contributed by atoms with Gasteiger partial charge in [0.15, 0.2) is 0 Å². The van der Waals surface area contributed by atoms with Crippen LogP contribution in [0.25, 0.3) is 0 Å². The van der Waals surface area contributed by atoms with E-state index in [9.17, 15) is 0 Å². The number of hydrogen-bond donors (Lipinski definition) is 1. The van der Waals surface area contributed by atoms with Gasteiger partial charge in [-0.05, 0) is 24.1 Å². The Hall–Kier alpha value is -1.58. The van der Waals surface area contributed by atoms with Crippen LogP contribution in [0.5, 0.6) is 0 Å². The SMILES string of the molecule is NCCc1coc2c1CN(Cc1ccccc1)C2. The number of benzene rings is 1. The number of rotatable bonds is 4. The Morgan fingerprint density at radius 3 is 2.78 bits per heavy atom. The number of nitrogens with two attached hydrogens (primary N) is 1. The van der Waals surface area contributed by atoms with Crippen LogP contribution in [0.2, 0.25) is 0 Å². The van der Waals surface area contributed by atoms with Crippen LogP contribution >= 0.6 is 0 Å². The summed E-state index contributed by atoms with van der Waals surface area (Å²) in [6.07, 6.45) is 2.79. The van der Waals surface area contributed by atoms with Crippen LogP contribution in [0.1, 0.15) is 22.5 Å². The van der Waals surface area contributed by atoms with Crippen molar-refractivity contribution in [3.05, 3.63) is 59.0 Å². The Labute approximate surface area is 107 Å². The van der Waals surface area contributed by atoms with E-state index in [-0.39, 0.29) is 0 Å². The zero-order valence-electron chi connectivity index (χ0n) is 10.4. The van der Waals surface area contributed by atoms with Crippen LogP contribution in [0.4, 0.5) is 0 Å². The van der Waals surface area contributed by atoms with Crippen molar-refractivity contribution < 1.29 is 4.42 Å². The molecule has 2 aromatic rings. The van der Waals surface area contributed by atoms with Gasteiger partial charge in [0, 0.05) is 18.7 Å². The molecule has 3 heteroatoms. The fourth-order valence-electron chi connectivity index (χ4n) is 2.59. The second-order valence-electron chi connectivity index (χ2n) is 4.83. The molecule has 0 unspecified atom stereocenters. The predicted octanol–water partition coefficient (Wildman–Crippen LogP) is 2.30. The van der Waals surface area contributed by atoms with Crippen LogP contribution in [0, 0.1) is 0 Å². The first-order valence-electron chi connectivity index (χ1n) is 6.41. The van der Waals surface area contributed by atoms with Gasteiger partial charge in [-0.25, -0.2) is 0 Å². The molecule has 0 radical (unpaired) electrons. The van der Waals surface area contributed by atoms with Gasteiger partial charge in [0.1, 0.15) is 5.76 Å². The van der Waals surface area contributed by atoms with Crippen LogP contribution in [0.3, 0.4) is 0 Å². The summed E-state index contributed by atoms with van der Waals surface area (Å²) in [6.45, 7) is 3.56. The van der Waals surface area contributed by atoms with Crippen molar-refractivity contribution >= 4 is 0 Å². The molecule has 0 aliphatic carbocycles. The third-order valence-electron chi connectivity index (χ3n) is 3.48. The molecule has 1 aromatic heterocycles. The van der Waals surface area contributed by atoms with E-state index in [1.54, 1.807) is 0 Å². The maximum atomic E-state index is 5.63. The Kier molecular flexibility index (Phi) is 3.17. The molecule has 2 N–H and O–H groups in total. The standard InChI is InChI=1S/C15H18N2O/c16-7-6-13-11-18-15-10-17(9-14(13)15)8-12-4-2-1-3-5-12/h1-5,11H,6-10,16H2. The summed E-state index contributed by atoms with van der Waals surface area (Å²) in [6, 6.07) is 10.6. The van der Waals surface area contributed by atoms with Crippen LogP contribution < -0.4 is 5.73 Å². The summed E-state index contributed by atoms with van der Waals surface area (Å²) in [7, 11) is 0. The highest BCUT2D eigenvalue weighted by atomic mass is 16.3. The summed E-state index contributed by atoms with van der Waals surface area (Å²) < 4.78 is 5.63. The highest BCUT2D eigenvalue weighted by Crippen LogP contribution is 2.29.